The Bertz CT molecular complexity index is 758. The van der Waals surface area contributed by atoms with Gasteiger partial charge in [-0.3, -0.25) is 0 Å². The van der Waals surface area contributed by atoms with Gasteiger partial charge in [-0.15, -0.1) is 5.10 Å². The van der Waals surface area contributed by atoms with Gasteiger partial charge < -0.3 is 19.7 Å². The highest BCUT2D eigenvalue weighted by molar-refractivity contribution is 5.98. The van der Waals surface area contributed by atoms with Crippen molar-refractivity contribution in [2.24, 2.45) is 0 Å². The fraction of sp³-hybridized carbons (Fsp3) is 0.154. The lowest BCUT2D eigenvalue weighted by Gasteiger charge is -2.11. The molecule has 0 spiro atoms. The van der Waals surface area contributed by atoms with Gasteiger partial charge in [-0.25, -0.2) is 19.5 Å². The van der Waals surface area contributed by atoms with Gasteiger partial charge in [0.25, 0.3) is 0 Å². The van der Waals surface area contributed by atoms with Crippen LogP contribution in [0.2, 0.25) is 0 Å². The summed E-state index contributed by atoms with van der Waals surface area (Å²) in [5.41, 5.74) is 0.547. The molecule has 2 rings (SSSR count). The Hall–Kier alpha value is -3.47. The van der Waals surface area contributed by atoms with Gasteiger partial charge >= 0.3 is 11.9 Å². The van der Waals surface area contributed by atoms with E-state index in [9.17, 15) is 9.59 Å². The van der Waals surface area contributed by atoms with Crippen molar-refractivity contribution in [1.29, 1.82) is 0 Å². The van der Waals surface area contributed by atoms with E-state index in [0.29, 0.717) is 11.4 Å². The van der Waals surface area contributed by atoms with Gasteiger partial charge in [0.1, 0.15) is 12.0 Å². The molecule has 1 aromatic heterocycles. The first kappa shape index (κ1) is 16.9. The topological polar surface area (TPSA) is 138 Å². The molecule has 0 saturated heterocycles. The van der Waals surface area contributed by atoms with Gasteiger partial charge in [-0.1, -0.05) is 0 Å². The summed E-state index contributed by atoms with van der Waals surface area (Å²) in [5.74, 6) is -1.49. The second-order valence-corrected chi connectivity index (χ2v) is 4.26. The van der Waals surface area contributed by atoms with E-state index in [4.69, 9.17) is 5.26 Å². The first-order valence-corrected chi connectivity index (χ1v) is 6.42. The number of hydrogen-bond donors (Lipinski definition) is 2. The number of tetrazole rings is 1. The van der Waals surface area contributed by atoms with Crippen molar-refractivity contribution in [3.8, 4) is 11.4 Å². The molecule has 0 bridgehead atoms. The summed E-state index contributed by atoms with van der Waals surface area (Å²) in [7, 11) is 2.33. The molecule has 24 heavy (non-hydrogen) atoms. The molecule has 2 N–H and O–H groups in total. The number of rotatable bonds is 6. The molecule has 126 valence electrons. The summed E-state index contributed by atoms with van der Waals surface area (Å²) < 4.78 is 10.4. The van der Waals surface area contributed by atoms with Crippen LogP contribution in [0.1, 0.15) is 0 Å². The van der Waals surface area contributed by atoms with E-state index in [-0.39, 0.29) is 11.4 Å². The minimum atomic E-state index is -0.792. The quantitative estimate of drug-likeness (QED) is 0.325. The van der Waals surface area contributed by atoms with Crippen LogP contribution in [0.15, 0.2) is 36.3 Å². The van der Waals surface area contributed by atoms with E-state index in [0.717, 1.165) is 13.2 Å². The highest BCUT2D eigenvalue weighted by atomic mass is 17.1. The van der Waals surface area contributed by atoms with E-state index in [1.807, 2.05) is 0 Å². The first-order chi connectivity index (χ1) is 11.6. The molecule has 1 heterocycles. The first-order valence-electron chi connectivity index (χ1n) is 6.42. The summed E-state index contributed by atoms with van der Waals surface area (Å²) in [6.07, 6.45) is 2.25. The number of carbonyl (C=O) groups excluding carboxylic acids is 2. The zero-order valence-corrected chi connectivity index (χ0v) is 12.7. The Morgan fingerprint density at radius 1 is 1.25 bits per heavy atom. The minimum absolute atomic E-state index is 0.0489. The number of anilines is 1. The molecule has 0 amide bonds. The molecule has 0 aliphatic carbocycles. The van der Waals surface area contributed by atoms with Crippen LogP contribution in [0.25, 0.3) is 5.69 Å². The zero-order valence-electron chi connectivity index (χ0n) is 12.7. The van der Waals surface area contributed by atoms with Gasteiger partial charge in [0.2, 0.25) is 0 Å². The molecular formula is C13H13N5O6. The highest BCUT2D eigenvalue weighted by Crippen LogP contribution is 2.24. The average molecular weight is 335 g/mol. The van der Waals surface area contributed by atoms with Crippen LogP contribution in [-0.2, 0) is 19.1 Å². The standard InChI is InChI=1S/C13H13N5O6/c1-22-12(19)6-11(13(20)23-2)15-8-3-9(5-10(4-8)24-21)18-7-14-16-17-18/h3-7,15,21H,1-2H3/b11-6+. The minimum Gasteiger partial charge on any atom is -0.466 e. The lowest BCUT2D eigenvalue weighted by atomic mass is 10.2. The normalized spacial score (nSPS) is 10.9. The van der Waals surface area contributed by atoms with Crippen LogP contribution in [0, 0.1) is 0 Å². The summed E-state index contributed by atoms with van der Waals surface area (Å²) in [6.45, 7) is 0. The van der Waals surface area contributed by atoms with Crippen molar-refractivity contribution >= 4 is 17.6 Å². The SMILES string of the molecule is COC(=O)/C=C(/Nc1cc(OO)cc(-n2cnnn2)c1)C(=O)OC. The fourth-order valence-electron chi connectivity index (χ4n) is 1.71. The lowest BCUT2D eigenvalue weighted by molar-refractivity contribution is -0.138. The zero-order chi connectivity index (χ0) is 17.5. The Morgan fingerprint density at radius 2 is 2.04 bits per heavy atom. The average Bonchev–Trinajstić information content (AvgIpc) is 3.14. The number of carbonyl (C=O) groups is 2. The van der Waals surface area contributed by atoms with E-state index < -0.39 is 11.9 Å². The van der Waals surface area contributed by atoms with Gasteiger partial charge in [0, 0.05) is 17.8 Å². The monoisotopic (exact) mass is 335 g/mol. The van der Waals surface area contributed by atoms with E-state index in [1.54, 1.807) is 6.07 Å². The molecule has 0 radical (unpaired) electrons. The Kier molecular flexibility index (Phi) is 5.41. The third kappa shape index (κ3) is 4.04. The summed E-state index contributed by atoms with van der Waals surface area (Å²) in [4.78, 5) is 27.3. The predicted molar refractivity (Wildman–Crippen MR) is 78.1 cm³/mol. The molecule has 0 aliphatic rings. The number of aromatic nitrogens is 4. The van der Waals surface area contributed by atoms with Crippen molar-refractivity contribution in [2.45, 2.75) is 0 Å². The smallest absolute Gasteiger partial charge is 0.354 e. The molecule has 0 aliphatic heterocycles. The van der Waals surface area contributed by atoms with Crippen molar-refractivity contribution in [3.05, 3.63) is 36.3 Å². The maximum atomic E-state index is 11.8. The molecule has 0 fully saturated rings. The maximum absolute atomic E-state index is 11.8. The van der Waals surface area contributed by atoms with Gasteiger partial charge in [-0.2, -0.15) is 0 Å². The van der Waals surface area contributed by atoms with Crippen molar-refractivity contribution in [2.75, 3.05) is 19.5 Å². The highest BCUT2D eigenvalue weighted by Gasteiger charge is 2.14. The molecule has 0 unspecified atom stereocenters. The van der Waals surface area contributed by atoms with Crippen LogP contribution in [0.4, 0.5) is 5.69 Å². The lowest BCUT2D eigenvalue weighted by Crippen LogP contribution is -2.15. The maximum Gasteiger partial charge on any atom is 0.354 e. The van der Waals surface area contributed by atoms with Crippen LogP contribution < -0.4 is 10.2 Å². The molecule has 2 aromatic rings. The van der Waals surface area contributed by atoms with Gasteiger partial charge in [0.05, 0.1) is 26.0 Å². The van der Waals surface area contributed by atoms with Crippen molar-refractivity contribution in [1.82, 2.24) is 20.2 Å². The van der Waals surface area contributed by atoms with Crippen molar-refractivity contribution in [3.63, 3.8) is 0 Å². The molecule has 11 nitrogen and oxygen atoms in total. The number of methoxy groups -OCH3 is 2. The molecule has 11 heteroatoms. The number of nitrogens with one attached hydrogen (secondary N) is 1. The Morgan fingerprint density at radius 3 is 2.62 bits per heavy atom. The van der Waals surface area contributed by atoms with E-state index >= 15 is 0 Å². The number of benzene rings is 1. The summed E-state index contributed by atoms with van der Waals surface area (Å²) in [5, 5.41) is 22.3. The molecular weight excluding hydrogens is 322 g/mol. The van der Waals surface area contributed by atoms with Gasteiger partial charge in [-0.05, 0) is 16.5 Å². The third-order valence-corrected chi connectivity index (χ3v) is 2.76. The van der Waals surface area contributed by atoms with E-state index in [2.05, 4.69) is 35.2 Å². The number of ether oxygens (including phenoxy) is 2. The molecule has 0 atom stereocenters. The Labute approximate surface area is 135 Å². The number of hydrogen-bond acceptors (Lipinski definition) is 10. The van der Waals surface area contributed by atoms with Crippen LogP contribution in [0.5, 0.6) is 5.75 Å². The van der Waals surface area contributed by atoms with Crippen molar-refractivity contribution < 1.29 is 29.2 Å². The Balaban J connectivity index is 2.39. The van der Waals surface area contributed by atoms with Crippen LogP contribution in [-0.4, -0.2) is 51.6 Å². The number of nitrogens with zero attached hydrogens (tertiary/aromatic N) is 4. The third-order valence-electron chi connectivity index (χ3n) is 2.76. The number of esters is 2. The predicted octanol–water partition coefficient (Wildman–Crippen LogP) is 0.156. The second-order valence-electron chi connectivity index (χ2n) is 4.26. The fourth-order valence-corrected chi connectivity index (χ4v) is 1.71. The molecule has 0 saturated carbocycles. The summed E-state index contributed by atoms with van der Waals surface area (Å²) in [6, 6.07) is 4.37. The van der Waals surface area contributed by atoms with Crippen LogP contribution in [0.3, 0.4) is 0 Å². The van der Waals surface area contributed by atoms with Crippen LogP contribution >= 0.6 is 0 Å². The largest absolute Gasteiger partial charge is 0.466 e. The second kappa shape index (κ2) is 7.69. The summed E-state index contributed by atoms with van der Waals surface area (Å²) >= 11 is 0. The molecule has 1 aromatic carbocycles. The van der Waals surface area contributed by atoms with Gasteiger partial charge in [0.15, 0.2) is 5.75 Å². The van der Waals surface area contributed by atoms with E-state index in [1.165, 1.54) is 30.3 Å².